The van der Waals surface area contributed by atoms with Crippen LogP contribution in [0.25, 0.3) is 0 Å². The molecule has 1 fully saturated rings. The van der Waals surface area contributed by atoms with Crippen molar-refractivity contribution in [1.29, 1.82) is 0 Å². The number of carbonyl (C=O) groups is 7. The second-order valence-electron chi connectivity index (χ2n) is 10.9. The summed E-state index contributed by atoms with van der Waals surface area (Å²) in [6.45, 7) is -1.22. The molecule has 11 N–H and O–H groups in total. The predicted molar refractivity (Wildman–Crippen MR) is 169 cm³/mol. The molecule has 0 saturated carbocycles. The van der Waals surface area contributed by atoms with Gasteiger partial charge >= 0.3 is 5.97 Å². The number of carboxylic acids is 1. The minimum Gasteiger partial charge on any atom is -0.508 e. The molecule has 0 radical (unpaired) electrons. The van der Waals surface area contributed by atoms with Gasteiger partial charge in [0.2, 0.25) is 35.4 Å². The molecule has 1 aromatic carbocycles. The Balaban J connectivity index is 2.13. The number of aliphatic hydroxyl groups excluding tert-OH is 1. The SMILES string of the molecule is CSCC[C@H](NC(=O)CNC(=O)[C@H](Cc1ccc(O)cc1)NC(=O)[C@@H]1CCCN1C(=O)[C@@H](N)CCC(N)=O)C(=O)N[C@@H](CO)C(=O)O. The molecular weight excluding hydrogens is 638 g/mol. The average molecular weight is 682 g/mol. The van der Waals surface area contributed by atoms with Crippen molar-refractivity contribution in [3.05, 3.63) is 29.8 Å². The first-order chi connectivity index (χ1) is 22.3. The van der Waals surface area contributed by atoms with Crippen LogP contribution in [0.2, 0.25) is 0 Å². The molecule has 18 heteroatoms. The van der Waals surface area contributed by atoms with E-state index in [1.807, 2.05) is 0 Å². The number of nitrogens with zero attached hydrogens (tertiary/aromatic N) is 1. The van der Waals surface area contributed by atoms with E-state index < -0.39 is 84.8 Å². The van der Waals surface area contributed by atoms with Gasteiger partial charge in [-0.1, -0.05) is 12.1 Å². The van der Waals surface area contributed by atoms with Crippen LogP contribution >= 0.6 is 11.8 Å². The van der Waals surface area contributed by atoms with Crippen LogP contribution in [0.5, 0.6) is 5.75 Å². The highest BCUT2D eigenvalue weighted by Crippen LogP contribution is 2.20. The Bertz CT molecular complexity index is 1280. The van der Waals surface area contributed by atoms with Crippen molar-refractivity contribution in [2.45, 2.75) is 68.7 Å². The Kier molecular flexibility index (Phi) is 15.9. The zero-order chi connectivity index (χ0) is 35.1. The summed E-state index contributed by atoms with van der Waals surface area (Å²) in [6.07, 6.45) is 2.56. The van der Waals surface area contributed by atoms with E-state index in [9.17, 15) is 43.8 Å². The number of likely N-dealkylation sites (tertiary alicyclic amines) is 1. The van der Waals surface area contributed by atoms with Crippen molar-refractivity contribution in [3.8, 4) is 5.75 Å². The molecule has 0 unspecified atom stereocenters. The summed E-state index contributed by atoms with van der Waals surface area (Å²) in [5.74, 6) is -5.19. The number of aliphatic carboxylic acids is 1. The maximum atomic E-state index is 13.4. The molecule has 1 heterocycles. The van der Waals surface area contributed by atoms with Crippen molar-refractivity contribution < 1.29 is 48.9 Å². The van der Waals surface area contributed by atoms with Crippen LogP contribution in [0.1, 0.15) is 37.7 Å². The molecule has 17 nitrogen and oxygen atoms in total. The van der Waals surface area contributed by atoms with Gasteiger partial charge in [-0.3, -0.25) is 28.8 Å². The summed E-state index contributed by atoms with van der Waals surface area (Å²) in [4.78, 5) is 88.7. The Morgan fingerprint density at radius 3 is 2.26 bits per heavy atom. The van der Waals surface area contributed by atoms with Crippen molar-refractivity contribution in [3.63, 3.8) is 0 Å². The van der Waals surface area contributed by atoms with E-state index in [4.69, 9.17) is 16.6 Å². The number of amides is 6. The summed E-state index contributed by atoms with van der Waals surface area (Å²) in [6, 6.07) is -0.0587. The van der Waals surface area contributed by atoms with E-state index in [2.05, 4.69) is 21.3 Å². The average Bonchev–Trinajstić information content (AvgIpc) is 3.53. The lowest BCUT2D eigenvalue weighted by Crippen LogP contribution is -2.57. The Hall–Kier alpha value is -4.42. The maximum absolute atomic E-state index is 13.4. The van der Waals surface area contributed by atoms with E-state index in [1.165, 1.54) is 28.8 Å². The highest BCUT2D eigenvalue weighted by molar-refractivity contribution is 7.98. The summed E-state index contributed by atoms with van der Waals surface area (Å²) >= 11 is 1.38. The van der Waals surface area contributed by atoms with Crippen LogP contribution < -0.4 is 32.7 Å². The number of phenols is 1. The number of aliphatic hydroxyl groups is 1. The van der Waals surface area contributed by atoms with Crippen molar-refractivity contribution >= 4 is 53.2 Å². The minimum atomic E-state index is -1.57. The number of phenolic OH excluding ortho intramolecular Hbond substituents is 1. The number of primary amides is 1. The fraction of sp³-hybridized carbons (Fsp3) is 0.552. The molecule has 0 aliphatic carbocycles. The van der Waals surface area contributed by atoms with Gasteiger partial charge < -0.3 is 53.0 Å². The fourth-order valence-corrected chi connectivity index (χ4v) is 5.25. The Morgan fingerprint density at radius 1 is 0.979 bits per heavy atom. The van der Waals surface area contributed by atoms with Crippen LogP contribution in [0.3, 0.4) is 0 Å². The van der Waals surface area contributed by atoms with Crippen LogP contribution in [-0.4, -0.2) is 124 Å². The predicted octanol–water partition coefficient (Wildman–Crippen LogP) is -3.08. The fourth-order valence-electron chi connectivity index (χ4n) is 4.78. The van der Waals surface area contributed by atoms with Crippen molar-refractivity contribution in [1.82, 2.24) is 26.2 Å². The van der Waals surface area contributed by atoms with E-state index in [-0.39, 0.29) is 38.0 Å². The summed E-state index contributed by atoms with van der Waals surface area (Å²) < 4.78 is 0. The van der Waals surface area contributed by atoms with Gasteiger partial charge in [0.25, 0.3) is 0 Å². The molecule has 260 valence electrons. The largest absolute Gasteiger partial charge is 0.508 e. The number of aromatic hydroxyl groups is 1. The van der Waals surface area contributed by atoms with Crippen LogP contribution in [0.4, 0.5) is 0 Å². The van der Waals surface area contributed by atoms with Gasteiger partial charge in [0.15, 0.2) is 0 Å². The molecule has 0 spiro atoms. The third kappa shape index (κ3) is 12.7. The molecule has 1 aromatic rings. The van der Waals surface area contributed by atoms with Gasteiger partial charge in [0.05, 0.1) is 19.2 Å². The van der Waals surface area contributed by atoms with Gasteiger partial charge in [0, 0.05) is 19.4 Å². The Labute approximate surface area is 275 Å². The molecule has 0 bridgehead atoms. The van der Waals surface area contributed by atoms with Crippen molar-refractivity contribution in [2.24, 2.45) is 11.5 Å². The van der Waals surface area contributed by atoms with Crippen LogP contribution in [0, 0.1) is 0 Å². The third-order valence-corrected chi connectivity index (χ3v) is 7.99. The number of carboxylic acid groups (broad SMARTS) is 1. The second kappa shape index (κ2) is 19.3. The second-order valence-corrected chi connectivity index (χ2v) is 11.9. The number of thioether (sulfide) groups is 1. The zero-order valence-electron chi connectivity index (χ0n) is 26.0. The number of carbonyl (C=O) groups excluding carboxylic acids is 6. The lowest BCUT2D eigenvalue weighted by atomic mass is 10.0. The highest BCUT2D eigenvalue weighted by Gasteiger charge is 2.37. The first-order valence-electron chi connectivity index (χ1n) is 14.9. The van der Waals surface area contributed by atoms with Crippen LogP contribution in [-0.2, 0) is 40.0 Å². The molecule has 1 aliphatic heterocycles. The van der Waals surface area contributed by atoms with Gasteiger partial charge in [-0.2, -0.15) is 11.8 Å². The summed E-state index contributed by atoms with van der Waals surface area (Å²) in [7, 11) is 0. The molecule has 5 atom stereocenters. The third-order valence-electron chi connectivity index (χ3n) is 7.35. The maximum Gasteiger partial charge on any atom is 0.328 e. The van der Waals surface area contributed by atoms with Gasteiger partial charge in [-0.25, -0.2) is 4.79 Å². The van der Waals surface area contributed by atoms with Gasteiger partial charge in [0.1, 0.15) is 29.9 Å². The number of nitrogens with two attached hydrogens (primary N) is 2. The zero-order valence-corrected chi connectivity index (χ0v) is 26.8. The molecule has 2 rings (SSSR count). The van der Waals surface area contributed by atoms with Crippen molar-refractivity contribution in [2.75, 3.05) is 31.7 Å². The summed E-state index contributed by atoms with van der Waals surface area (Å²) in [5, 5.41) is 37.7. The van der Waals surface area contributed by atoms with Gasteiger partial charge in [-0.15, -0.1) is 0 Å². The molecule has 47 heavy (non-hydrogen) atoms. The minimum absolute atomic E-state index is 0.00826. The van der Waals surface area contributed by atoms with E-state index in [0.717, 1.165) is 0 Å². The monoisotopic (exact) mass is 681 g/mol. The number of nitrogens with one attached hydrogen (secondary N) is 4. The van der Waals surface area contributed by atoms with E-state index in [1.54, 1.807) is 18.4 Å². The first-order valence-corrected chi connectivity index (χ1v) is 16.3. The molecule has 6 amide bonds. The highest BCUT2D eigenvalue weighted by atomic mass is 32.2. The van der Waals surface area contributed by atoms with E-state index >= 15 is 0 Å². The topological polar surface area (TPSA) is 284 Å². The van der Waals surface area contributed by atoms with Crippen LogP contribution in [0.15, 0.2) is 24.3 Å². The number of benzene rings is 1. The first kappa shape index (κ1) is 38.8. The molecule has 1 aliphatic rings. The molecule has 1 saturated heterocycles. The lowest BCUT2D eigenvalue weighted by molar-refractivity contribution is -0.143. The summed E-state index contributed by atoms with van der Waals surface area (Å²) in [5.41, 5.74) is 11.7. The standard InChI is InChI=1S/C29H43N7O10S/c1-47-12-10-19(26(42)35-21(15-37)29(45)46)33-24(40)14-32-25(41)20(13-16-4-6-17(38)7-5-16)34-27(43)22-3-2-11-36(22)28(44)18(30)8-9-23(31)39/h4-7,18-22,37-38H,2-3,8-15,30H2,1H3,(H2,31,39)(H,32,41)(H,33,40)(H,34,43)(H,35,42)(H,45,46)/t18-,19-,20-,21-,22-/m0/s1. The number of hydrogen-bond donors (Lipinski definition) is 9. The lowest BCUT2D eigenvalue weighted by Gasteiger charge is -2.28. The number of rotatable bonds is 19. The van der Waals surface area contributed by atoms with Gasteiger partial charge in [-0.05, 0) is 55.4 Å². The quantitative estimate of drug-likeness (QED) is 0.0703. The molecule has 0 aromatic heterocycles. The normalized spacial score (nSPS) is 16.7. The van der Waals surface area contributed by atoms with E-state index in [0.29, 0.717) is 24.2 Å². The Morgan fingerprint density at radius 2 is 1.66 bits per heavy atom. The molecular formula is C29H43N7O10S. The smallest absolute Gasteiger partial charge is 0.328 e. The number of hydrogen-bond acceptors (Lipinski definition) is 11.